The van der Waals surface area contributed by atoms with E-state index in [1.807, 2.05) is 18.2 Å². The minimum atomic E-state index is -0.646. The number of nitrogens with one attached hydrogen (secondary N) is 1. The van der Waals surface area contributed by atoms with Crippen LogP contribution in [0, 0.1) is 11.6 Å². The van der Waals surface area contributed by atoms with Crippen LogP contribution in [-0.2, 0) is 6.54 Å². The van der Waals surface area contributed by atoms with Gasteiger partial charge in [0.15, 0.2) is 0 Å². The smallest absolute Gasteiger partial charge is 0.267 e. The Balaban J connectivity index is 1.96. The number of carbonyl (C=O) groups is 1. The van der Waals surface area contributed by atoms with Gasteiger partial charge in [-0.25, -0.2) is 8.78 Å². The molecular weight excluding hydrogens is 398 g/mol. The van der Waals surface area contributed by atoms with E-state index in [2.05, 4.69) is 18.8 Å². The van der Waals surface area contributed by atoms with Crippen LogP contribution in [0.15, 0.2) is 55.1 Å². The second-order valence-electron chi connectivity index (χ2n) is 7.46. The zero-order valence-electron chi connectivity index (χ0n) is 17.8. The molecule has 0 unspecified atom stereocenters. The maximum absolute atomic E-state index is 14.4. The average molecular weight is 427 g/mol. The SMILES string of the molecule is C=CCOc1cccc2c1cc(C(=O)NCCCCCC)n2Cc1ccc(F)cc1F. The standard InChI is InChI=1S/C25H28F2N2O2/c1-3-5-6-7-13-28-25(30)23-16-20-22(9-8-10-24(20)31-14-4-2)29(23)17-18-11-12-19(26)15-21(18)27/h4,8-12,15-16H,2-3,5-7,13-14,17H2,1H3,(H,28,30). The first-order chi connectivity index (χ1) is 15.0. The van der Waals surface area contributed by atoms with E-state index in [9.17, 15) is 13.6 Å². The molecule has 3 aromatic rings. The molecule has 164 valence electrons. The van der Waals surface area contributed by atoms with E-state index in [0.29, 0.717) is 30.2 Å². The lowest BCUT2D eigenvalue weighted by Crippen LogP contribution is -2.27. The summed E-state index contributed by atoms with van der Waals surface area (Å²) in [5.41, 5.74) is 1.44. The summed E-state index contributed by atoms with van der Waals surface area (Å²) in [5.74, 6) is -0.895. The highest BCUT2D eigenvalue weighted by Crippen LogP contribution is 2.30. The maximum atomic E-state index is 14.4. The summed E-state index contributed by atoms with van der Waals surface area (Å²) < 4.78 is 35.2. The summed E-state index contributed by atoms with van der Waals surface area (Å²) in [6, 6.07) is 10.7. The summed E-state index contributed by atoms with van der Waals surface area (Å²) >= 11 is 0. The Morgan fingerprint density at radius 3 is 2.74 bits per heavy atom. The number of aromatic nitrogens is 1. The molecule has 0 atom stereocenters. The zero-order chi connectivity index (χ0) is 22.2. The predicted octanol–water partition coefficient (Wildman–Crippen LogP) is 5.84. The van der Waals surface area contributed by atoms with Crippen molar-refractivity contribution in [3.63, 3.8) is 0 Å². The Labute approximate surface area is 181 Å². The van der Waals surface area contributed by atoms with Crippen molar-refractivity contribution in [1.82, 2.24) is 9.88 Å². The van der Waals surface area contributed by atoms with Crippen LogP contribution < -0.4 is 10.1 Å². The van der Waals surface area contributed by atoms with Crippen molar-refractivity contribution in [2.75, 3.05) is 13.2 Å². The van der Waals surface area contributed by atoms with Crippen molar-refractivity contribution < 1.29 is 18.3 Å². The molecule has 1 amide bonds. The molecule has 2 aromatic carbocycles. The third-order valence-corrected chi connectivity index (χ3v) is 5.15. The van der Waals surface area contributed by atoms with Crippen molar-refractivity contribution in [3.05, 3.63) is 78.0 Å². The first-order valence-corrected chi connectivity index (χ1v) is 10.6. The molecule has 0 fully saturated rings. The third-order valence-electron chi connectivity index (χ3n) is 5.15. The molecule has 6 heteroatoms. The van der Waals surface area contributed by atoms with Gasteiger partial charge in [0.1, 0.15) is 29.7 Å². The fourth-order valence-corrected chi connectivity index (χ4v) is 3.55. The molecule has 0 radical (unpaired) electrons. The first kappa shape index (κ1) is 22.5. The number of amides is 1. The number of halogens is 2. The van der Waals surface area contributed by atoms with Gasteiger partial charge in [-0.05, 0) is 30.7 Å². The molecule has 1 aromatic heterocycles. The van der Waals surface area contributed by atoms with Gasteiger partial charge in [-0.1, -0.05) is 51.0 Å². The lowest BCUT2D eigenvalue weighted by atomic mass is 10.2. The quantitative estimate of drug-likeness (QED) is 0.309. The van der Waals surface area contributed by atoms with Crippen LogP contribution in [-0.4, -0.2) is 23.6 Å². The van der Waals surface area contributed by atoms with Gasteiger partial charge in [0.05, 0.1) is 12.1 Å². The lowest BCUT2D eigenvalue weighted by molar-refractivity contribution is 0.0944. The predicted molar refractivity (Wildman–Crippen MR) is 120 cm³/mol. The Bertz CT molecular complexity index is 1060. The van der Waals surface area contributed by atoms with E-state index in [-0.39, 0.29) is 12.5 Å². The minimum absolute atomic E-state index is 0.0963. The van der Waals surface area contributed by atoms with Crippen LogP contribution in [0.1, 0.15) is 48.7 Å². The van der Waals surface area contributed by atoms with Gasteiger partial charge in [-0.3, -0.25) is 4.79 Å². The van der Waals surface area contributed by atoms with Gasteiger partial charge in [-0.15, -0.1) is 0 Å². The molecule has 0 bridgehead atoms. The van der Waals surface area contributed by atoms with Crippen molar-refractivity contribution in [2.24, 2.45) is 0 Å². The van der Waals surface area contributed by atoms with Gasteiger partial charge >= 0.3 is 0 Å². The van der Waals surface area contributed by atoms with Crippen LogP contribution in [0.5, 0.6) is 5.75 Å². The van der Waals surface area contributed by atoms with E-state index >= 15 is 0 Å². The van der Waals surface area contributed by atoms with E-state index in [4.69, 9.17) is 4.74 Å². The Morgan fingerprint density at radius 1 is 1.16 bits per heavy atom. The molecule has 0 aliphatic rings. The molecule has 1 heterocycles. The normalized spacial score (nSPS) is 10.9. The van der Waals surface area contributed by atoms with E-state index < -0.39 is 11.6 Å². The minimum Gasteiger partial charge on any atom is -0.489 e. The number of hydrogen-bond donors (Lipinski definition) is 1. The second-order valence-corrected chi connectivity index (χ2v) is 7.46. The molecule has 0 spiro atoms. The van der Waals surface area contributed by atoms with Gasteiger partial charge in [0.2, 0.25) is 0 Å². The fraction of sp³-hybridized carbons (Fsp3) is 0.320. The number of nitrogens with zero attached hydrogens (tertiary/aromatic N) is 1. The molecule has 1 N–H and O–H groups in total. The molecule has 3 rings (SSSR count). The van der Waals surface area contributed by atoms with Crippen LogP contribution >= 0.6 is 0 Å². The van der Waals surface area contributed by atoms with Crippen LogP contribution in [0.2, 0.25) is 0 Å². The highest BCUT2D eigenvalue weighted by Gasteiger charge is 2.19. The molecule has 0 aliphatic carbocycles. The zero-order valence-corrected chi connectivity index (χ0v) is 17.8. The van der Waals surface area contributed by atoms with Crippen molar-refractivity contribution in [3.8, 4) is 5.75 Å². The summed E-state index contributed by atoms with van der Waals surface area (Å²) in [5, 5.41) is 3.71. The third kappa shape index (κ3) is 5.51. The molecule has 0 aliphatic heterocycles. The van der Waals surface area contributed by atoms with Gasteiger partial charge < -0.3 is 14.6 Å². The fourth-order valence-electron chi connectivity index (χ4n) is 3.55. The second kappa shape index (κ2) is 10.8. The van der Waals surface area contributed by atoms with Crippen molar-refractivity contribution in [1.29, 1.82) is 0 Å². The Kier molecular flexibility index (Phi) is 7.82. The number of benzene rings is 2. The molecule has 31 heavy (non-hydrogen) atoms. The van der Waals surface area contributed by atoms with Gasteiger partial charge in [-0.2, -0.15) is 0 Å². The number of carbonyl (C=O) groups excluding carboxylic acids is 1. The maximum Gasteiger partial charge on any atom is 0.267 e. The molecule has 0 saturated carbocycles. The number of fused-ring (bicyclic) bond motifs is 1. The molecule has 4 nitrogen and oxygen atoms in total. The summed E-state index contributed by atoms with van der Waals surface area (Å²) in [6.45, 7) is 6.80. The number of ether oxygens (including phenoxy) is 1. The lowest BCUT2D eigenvalue weighted by Gasteiger charge is -2.12. The summed E-state index contributed by atoms with van der Waals surface area (Å²) in [4.78, 5) is 13.0. The summed E-state index contributed by atoms with van der Waals surface area (Å²) in [7, 11) is 0. The van der Waals surface area contributed by atoms with E-state index in [0.717, 1.165) is 42.7 Å². The van der Waals surface area contributed by atoms with Gasteiger partial charge in [0.25, 0.3) is 5.91 Å². The monoisotopic (exact) mass is 426 g/mol. The largest absolute Gasteiger partial charge is 0.489 e. The highest BCUT2D eigenvalue weighted by atomic mass is 19.1. The van der Waals surface area contributed by atoms with Crippen LogP contribution in [0.3, 0.4) is 0 Å². The molecular formula is C25H28F2N2O2. The van der Waals surface area contributed by atoms with Crippen LogP contribution in [0.4, 0.5) is 8.78 Å². The highest BCUT2D eigenvalue weighted by molar-refractivity contribution is 6.00. The van der Waals surface area contributed by atoms with E-state index in [1.165, 1.54) is 12.1 Å². The van der Waals surface area contributed by atoms with Crippen molar-refractivity contribution >= 4 is 16.8 Å². The Hall–Kier alpha value is -3.15. The number of rotatable bonds is 11. The number of hydrogen-bond acceptors (Lipinski definition) is 2. The van der Waals surface area contributed by atoms with Gasteiger partial charge in [0, 0.05) is 23.6 Å². The van der Waals surface area contributed by atoms with E-state index in [1.54, 1.807) is 16.7 Å². The van der Waals surface area contributed by atoms with Crippen molar-refractivity contribution in [2.45, 2.75) is 39.2 Å². The topological polar surface area (TPSA) is 43.3 Å². The Morgan fingerprint density at radius 2 is 2.00 bits per heavy atom. The summed E-state index contributed by atoms with van der Waals surface area (Å²) in [6.07, 6.45) is 5.86. The molecule has 0 saturated heterocycles. The van der Waals surface area contributed by atoms with Crippen LogP contribution in [0.25, 0.3) is 10.9 Å². The first-order valence-electron chi connectivity index (χ1n) is 10.6. The average Bonchev–Trinajstić information content (AvgIpc) is 3.13. The number of unbranched alkanes of at least 4 members (excludes halogenated alkanes) is 3.